The summed E-state index contributed by atoms with van der Waals surface area (Å²) in [6, 6.07) is 9.77. The van der Waals surface area contributed by atoms with Crippen LogP contribution in [0.4, 0.5) is 5.69 Å². The number of hydrogen-bond acceptors (Lipinski definition) is 6. The van der Waals surface area contributed by atoms with Gasteiger partial charge in [-0.2, -0.15) is 0 Å². The lowest BCUT2D eigenvalue weighted by Gasteiger charge is -2.20. The molecule has 0 saturated heterocycles. The van der Waals surface area contributed by atoms with E-state index < -0.39 is 17.5 Å². The number of ether oxygens (including phenoxy) is 1. The van der Waals surface area contributed by atoms with E-state index in [-0.39, 0.29) is 28.9 Å². The van der Waals surface area contributed by atoms with Gasteiger partial charge < -0.3 is 19.2 Å². The minimum atomic E-state index is -0.636. The highest BCUT2D eigenvalue weighted by Gasteiger charge is 2.22. The van der Waals surface area contributed by atoms with Crippen LogP contribution in [0, 0.1) is 13.8 Å². The monoisotopic (exact) mass is 395 g/mol. The zero-order valence-corrected chi connectivity index (χ0v) is 16.6. The molecule has 1 heterocycles. The van der Waals surface area contributed by atoms with E-state index in [1.165, 1.54) is 19.1 Å². The Labute approximate surface area is 167 Å². The van der Waals surface area contributed by atoms with Crippen LogP contribution >= 0.6 is 0 Å². The number of carbonyl (C=O) groups is 2. The van der Waals surface area contributed by atoms with Crippen LogP contribution in [0.2, 0.25) is 0 Å². The van der Waals surface area contributed by atoms with Crippen molar-refractivity contribution in [2.24, 2.45) is 0 Å². The number of aryl methyl sites for hydroxylation is 2. The Morgan fingerprint density at radius 3 is 2.55 bits per heavy atom. The van der Waals surface area contributed by atoms with Crippen molar-refractivity contribution in [3.63, 3.8) is 0 Å². The molecule has 0 bridgehead atoms. The lowest BCUT2D eigenvalue weighted by molar-refractivity contribution is -0.117. The van der Waals surface area contributed by atoms with E-state index in [9.17, 15) is 19.5 Å². The average Bonchev–Trinajstić information content (AvgIpc) is 2.69. The maximum Gasteiger partial charge on any atom is 0.340 e. The number of nitrogens with zero attached hydrogens (tertiary/aromatic N) is 1. The number of benzene rings is 2. The highest BCUT2D eigenvalue weighted by molar-refractivity contribution is 6.03. The van der Waals surface area contributed by atoms with Gasteiger partial charge in [0.15, 0.2) is 0 Å². The van der Waals surface area contributed by atoms with E-state index in [0.29, 0.717) is 16.6 Å². The molecule has 0 spiro atoms. The molecule has 0 fully saturated rings. The van der Waals surface area contributed by atoms with E-state index >= 15 is 0 Å². The minimum Gasteiger partial charge on any atom is -0.507 e. The van der Waals surface area contributed by atoms with Crippen molar-refractivity contribution >= 4 is 28.5 Å². The molecule has 0 radical (unpaired) electrons. The Morgan fingerprint density at radius 2 is 1.86 bits per heavy atom. The van der Waals surface area contributed by atoms with E-state index in [2.05, 4.69) is 0 Å². The Bertz CT molecular complexity index is 1180. The molecule has 2 aromatic carbocycles. The summed E-state index contributed by atoms with van der Waals surface area (Å²) in [5.74, 6) is -0.996. The zero-order chi connectivity index (χ0) is 21.3. The number of esters is 1. The van der Waals surface area contributed by atoms with Gasteiger partial charge in [-0.25, -0.2) is 9.59 Å². The molecule has 0 aliphatic carbocycles. The zero-order valence-electron chi connectivity index (χ0n) is 16.6. The van der Waals surface area contributed by atoms with Crippen LogP contribution in [0.3, 0.4) is 0 Å². The molecule has 29 heavy (non-hydrogen) atoms. The van der Waals surface area contributed by atoms with Gasteiger partial charge in [-0.1, -0.05) is 12.1 Å². The summed E-state index contributed by atoms with van der Waals surface area (Å²) in [6.07, 6.45) is -0.247. The predicted molar refractivity (Wildman–Crippen MR) is 109 cm³/mol. The van der Waals surface area contributed by atoms with Crippen LogP contribution in [0.1, 0.15) is 27.0 Å². The second-order valence-corrected chi connectivity index (χ2v) is 6.79. The fourth-order valence-electron chi connectivity index (χ4n) is 3.32. The number of rotatable bonds is 4. The first-order valence-corrected chi connectivity index (χ1v) is 8.94. The van der Waals surface area contributed by atoms with Crippen LogP contribution in [-0.2, 0) is 16.0 Å². The molecule has 1 aromatic heterocycles. The van der Waals surface area contributed by atoms with Gasteiger partial charge in [-0.3, -0.25) is 4.79 Å². The molecule has 0 aliphatic heterocycles. The first-order chi connectivity index (χ1) is 13.7. The normalized spacial score (nSPS) is 10.8. The molecule has 0 atom stereocenters. The molecular weight excluding hydrogens is 374 g/mol. The maximum absolute atomic E-state index is 12.9. The highest BCUT2D eigenvalue weighted by Crippen LogP contribution is 2.30. The molecule has 1 N–H and O–H groups in total. The number of hydrogen-bond donors (Lipinski definition) is 1. The Kier molecular flexibility index (Phi) is 5.41. The third-order valence-electron chi connectivity index (χ3n) is 4.88. The van der Waals surface area contributed by atoms with Crippen molar-refractivity contribution in [1.82, 2.24) is 0 Å². The lowest BCUT2D eigenvalue weighted by atomic mass is 10.0. The molecule has 7 nitrogen and oxygen atoms in total. The minimum absolute atomic E-state index is 0.0145. The number of likely N-dealkylation sites (N-methyl/N-ethyl adjacent to an activating group) is 1. The molecule has 3 rings (SSSR count). The van der Waals surface area contributed by atoms with Crippen molar-refractivity contribution < 1.29 is 23.8 Å². The van der Waals surface area contributed by atoms with Crippen molar-refractivity contribution in [2.75, 3.05) is 19.1 Å². The van der Waals surface area contributed by atoms with E-state index in [0.717, 1.165) is 5.56 Å². The molecule has 0 saturated carbocycles. The summed E-state index contributed by atoms with van der Waals surface area (Å²) in [7, 11) is 2.78. The summed E-state index contributed by atoms with van der Waals surface area (Å²) in [6.45, 7) is 3.44. The standard InChI is InChI=1S/C22H21NO6/c1-12-9-17(24)20-13(2)15(22(27)29-18(20)10-12)11-19(25)23(3)16-8-6-5-7-14(16)21(26)28-4/h5-10,24H,11H2,1-4H3. The first-order valence-electron chi connectivity index (χ1n) is 8.94. The number of fused-ring (bicyclic) bond motifs is 1. The Hall–Kier alpha value is -3.61. The lowest BCUT2D eigenvalue weighted by Crippen LogP contribution is -2.31. The van der Waals surface area contributed by atoms with E-state index in [4.69, 9.17) is 9.15 Å². The second kappa shape index (κ2) is 7.79. The number of amides is 1. The van der Waals surface area contributed by atoms with Crippen molar-refractivity contribution in [1.29, 1.82) is 0 Å². The van der Waals surface area contributed by atoms with Crippen molar-refractivity contribution in [2.45, 2.75) is 20.3 Å². The number of para-hydroxylation sites is 1. The highest BCUT2D eigenvalue weighted by atomic mass is 16.5. The molecule has 0 aliphatic rings. The summed E-state index contributed by atoms with van der Waals surface area (Å²) in [5, 5.41) is 10.7. The maximum atomic E-state index is 12.9. The summed E-state index contributed by atoms with van der Waals surface area (Å²) in [4.78, 5) is 38.7. The van der Waals surface area contributed by atoms with Crippen molar-refractivity contribution in [3.05, 3.63) is 69.1 Å². The largest absolute Gasteiger partial charge is 0.507 e. The van der Waals surface area contributed by atoms with Gasteiger partial charge in [0, 0.05) is 7.05 Å². The van der Waals surface area contributed by atoms with Crippen LogP contribution < -0.4 is 10.5 Å². The topological polar surface area (TPSA) is 97.1 Å². The van der Waals surface area contributed by atoms with Gasteiger partial charge in [0.05, 0.1) is 35.7 Å². The number of aromatic hydroxyl groups is 1. The number of anilines is 1. The predicted octanol–water partition coefficient (Wildman–Crippen LogP) is 3.11. The fraction of sp³-hybridized carbons (Fsp3) is 0.227. The van der Waals surface area contributed by atoms with Crippen LogP contribution in [0.5, 0.6) is 5.75 Å². The van der Waals surface area contributed by atoms with Gasteiger partial charge in [0.1, 0.15) is 11.3 Å². The van der Waals surface area contributed by atoms with E-state index in [1.807, 2.05) is 0 Å². The van der Waals surface area contributed by atoms with Crippen LogP contribution in [0.15, 0.2) is 45.6 Å². The smallest absolute Gasteiger partial charge is 0.340 e. The van der Waals surface area contributed by atoms with Gasteiger partial charge in [-0.15, -0.1) is 0 Å². The molecule has 150 valence electrons. The molecule has 1 amide bonds. The fourth-order valence-corrected chi connectivity index (χ4v) is 3.32. The number of carbonyl (C=O) groups excluding carboxylic acids is 2. The third-order valence-corrected chi connectivity index (χ3v) is 4.88. The summed E-state index contributed by atoms with van der Waals surface area (Å²) in [5.41, 5.74) is 1.63. The molecule has 7 heteroatoms. The van der Waals surface area contributed by atoms with Gasteiger partial charge >= 0.3 is 11.6 Å². The number of phenols is 1. The Balaban J connectivity index is 2.01. The third kappa shape index (κ3) is 3.71. The number of methoxy groups -OCH3 is 1. The second-order valence-electron chi connectivity index (χ2n) is 6.79. The quantitative estimate of drug-likeness (QED) is 0.539. The van der Waals surface area contributed by atoms with Crippen LogP contribution in [0.25, 0.3) is 11.0 Å². The Morgan fingerprint density at radius 1 is 1.17 bits per heavy atom. The molecular formula is C22H21NO6. The van der Waals surface area contributed by atoms with Gasteiger partial charge in [-0.05, 0) is 49.2 Å². The average molecular weight is 395 g/mol. The first kappa shape index (κ1) is 20.1. The summed E-state index contributed by atoms with van der Waals surface area (Å²) >= 11 is 0. The van der Waals surface area contributed by atoms with Gasteiger partial charge in [0.25, 0.3) is 0 Å². The van der Waals surface area contributed by atoms with Crippen molar-refractivity contribution in [3.8, 4) is 5.75 Å². The van der Waals surface area contributed by atoms with E-state index in [1.54, 1.807) is 50.2 Å². The van der Waals surface area contributed by atoms with Gasteiger partial charge in [0.2, 0.25) is 5.91 Å². The van der Waals surface area contributed by atoms with Crippen LogP contribution in [-0.4, -0.2) is 31.1 Å². The molecule has 3 aromatic rings. The number of phenolic OH excluding ortho intramolecular Hbond substituents is 1. The summed E-state index contributed by atoms with van der Waals surface area (Å²) < 4.78 is 10.1. The SMILES string of the molecule is COC(=O)c1ccccc1N(C)C(=O)Cc1c(C)c2c(O)cc(C)cc2oc1=O. The molecule has 0 unspecified atom stereocenters.